The summed E-state index contributed by atoms with van der Waals surface area (Å²) in [4.78, 5) is 14.9. The molecule has 7 nitrogen and oxygen atoms in total. The Morgan fingerprint density at radius 3 is 2.37 bits per heavy atom. The van der Waals surface area contributed by atoms with Crippen LogP contribution in [0.5, 0.6) is 17.2 Å². The lowest BCUT2D eigenvalue weighted by Crippen LogP contribution is -2.37. The number of nitrogens with zero attached hydrogens (tertiary/aromatic N) is 1. The molecule has 2 aliphatic rings. The van der Waals surface area contributed by atoms with E-state index in [-0.39, 0.29) is 29.5 Å². The van der Waals surface area contributed by atoms with Crippen LogP contribution in [0.25, 0.3) is 0 Å². The molecule has 208 valence electrons. The van der Waals surface area contributed by atoms with Gasteiger partial charge in [-0.2, -0.15) is 0 Å². The number of aliphatic hydroxyl groups is 1. The minimum Gasteiger partial charge on any atom is -0.490 e. The third-order valence-electron chi connectivity index (χ3n) is 7.35. The molecule has 1 N–H and O–H groups in total. The number of β-amino-alcohol motifs (C(OH)–C–C–N with tert-alkyl or cyclic N) is 1. The van der Waals surface area contributed by atoms with Crippen LogP contribution < -0.4 is 9.47 Å². The molecule has 1 atom stereocenters. The Labute approximate surface area is 224 Å². The van der Waals surface area contributed by atoms with E-state index in [2.05, 4.69) is 13.8 Å². The minimum absolute atomic E-state index is 0.0803. The summed E-state index contributed by atoms with van der Waals surface area (Å²) in [5, 5.41) is 10.5. The smallest absolute Gasteiger partial charge is 0.227 e. The standard InChI is InChI=1S/C29H38FNO6S/c1-20(2)18-29(33)12-13-31(19-29)28(32)16-21-14-25(36-23-6-4-22(30)5-7-23)17-26(15-21)37-24-8-10-27(11-9-24)38(3,34)35/h4-7,14-15,17,20,24,27,33H,8-13,16,18-19H2,1-3H3. The Balaban J connectivity index is 1.49. The first-order valence-corrected chi connectivity index (χ1v) is 15.3. The van der Waals surface area contributed by atoms with E-state index in [1.54, 1.807) is 17.0 Å². The summed E-state index contributed by atoms with van der Waals surface area (Å²) in [6.45, 7) is 4.96. The van der Waals surface area contributed by atoms with Crippen LogP contribution in [0.3, 0.4) is 0 Å². The zero-order valence-electron chi connectivity index (χ0n) is 22.4. The van der Waals surface area contributed by atoms with E-state index < -0.39 is 15.4 Å². The van der Waals surface area contributed by atoms with Gasteiger partial charge >= 0.3 is 0 Å². The molecule has 1 saturated carbocycles. The maximum absolute atomic E-state index is 13.4. The molecule has 1 unspecified atom stereocenters. The zero-order valence-corrected chi connectivity index (χ0v) is 23.2. The normalized spacial score (nSPS) is 24.0. The van der Waals surface area contributed by atoms with Crippen molar-refractivity contribution in [3.8, 4) is 17.2 Å². The number of likely N-dealkylation sites (tertiary alicyclic amines) is 1. The number of benzene rings is 2. The average Bonchev–Trinajstić information content (AvgIpc) is 3.21. The highest BCUT2D eigenvalue weighted by Crippen LogP contribution is 2.33. The Bertz CT molecular complexity index is 1220. The molecule has 9 heteroatoms. The average molecular weight is 548 g/mol. The first-order chi connectivity index (χ1) is 17.9. The van der Waals surface area contributed by atoms with Crippen LogP contribution >= 0.6 is 0 Å². The number of rotatable bonds is 9. The number of halogens is 1. The Hall–Kier alpha value is -2.65. The molecule has 2 aromatic rings. The van der Waals surface area contributed by atoms with Gasteiger partial charge in [-0.25, -0.2) is 12.8 Å². The molecule has 1 heterocycles. The van der Waals surface area contributed by atoms with E-state index in [4.69, 9.17) is 9.47 Å². The number of carbonyl (C=O) groups is 1. The number of sulfone groups is 1. The fourth-order valence-corrected chi connectivity index (χ4v) is 6.68. The van der Waals surface area contributed by atoms with Crippen molar-refractivity contribution in [1.82, 2.24) is 4.90 Å². The van der Waals surface area contributed by atoms with E-state index in [0.717, 1.165) is 0 Å². The van der Waals surface area contributed by atoms with Crippen molar-refractivity contribution in [2.45, 2.75) is 75.7 Å². The van der Waals surface area contributed by atoms with E-state index >= 15 is 0 Å². The number of hydrogen-bond acceptors (Lipinski definition) is 6. The molecule has 1 aliphatic heterocycles. The third kappa shape index (κ3) is 7.69. The predicted molar refractivity (Wildman–Crippen MR) is 144 cm³/mol. The lowest BCUT2D eigenvalue weighted by molar-refractivity contribution is -0.130. The van der Waals surface area contributed by atoms with Gasteiger partial charge in [0.2, 0.25) is 5.91 Å². The lowest BCUT2D eigenvalue weighted by Gasteiger charge is -2.28. The maximum Gasteiger partial charge on any atom is 0.227 e. The first kappa shape index (κ1) is 28.4. The largest absolute Gasteiger partial charge is 0.490 e. The number of amides is 1. The summed E-state index contributed by atoms with van der Waals surface area (Å²) in [6.07, 6.45) is 4.82. The molecule has 2 aromatic carbocycles. The van der Waals surface area contributed by atoms with Gasteiger partial charge in [-0.3, -0.25) is 4.79 Å². The van der Waals surface area contributed by atoms with Gasteiger partial charge in [0.1, 0.15) is 32.9 Å². The van der Waals surface area contributed by atoms with Gasteiger partial charge < -0.3 is 19.5 Å². The van der Waals surface area contributed by atoms with E-state index in [9.17, 15) is 22.7 Å². The van der Waals surface area contributed by atoms with E-state index in [1.165, 1.54) is 30.5 Å². The summed E-state index contributed by atoms with van der Waals surface area (Å²) in [7, 11) is -3.07. The Morgan fingerprint density at radius 2 is 1.74 bits per heavy atom. The summed E-state index contributed by atoms with van der Waals surface area (Å²) in [5.74, 6) is 1.33. The summed E-state index contributed by atoms with van der Waals surface area (Å²) < 4.78 is 49.4. The van der Waals surface area contributed by atoms with Crippen molar-refractivity contribution < 1.29 is 32.2 Å². The molecule has 0 bridgehead atoms. The predicted octanol–water partition coefficient (Wildman–Crippen LogP) is 4.90. The molecule has 1 saturated heterocycles. The van der Waals surface area contributed by atoms with Gasteiger partial charge in [0.25, 0.3) is 0 Å². The molecule has 0 radical (unpaired) electrons. The summed E-state index contributed by atoms with van der Waals surface area (Å²) >= 11 is 0. The van der Waals surface area contributed by atoms with Crippen LogP contribution in [-0.2, 0) is 21.1 Å². The molecule has 38 heavy (non-hydrogen) atoms. The molecular weight excluding hydrogens is 509 g/mol. The van der Waals surface area contributed by atoms with Gasteiger partial charge in [-0.1, -0.05) is 13.8 Å². The Morgan fingerprint density at radius 1 is 1.08 bits per heavy atom. The van der Waals surface area contributed by atoms with Crippen LogP contribution in [0.4, 0.5) is 4.39 Å². The van der Waals surface area contributed by atoms with Gasteiger partial charge in [-0.15, -0.1) is 0 Å². The maximum atomic E-state index is 13.4. The van der Waals surface area contributed by atoms with Crippen LogP contribution in [0, 0.1) is 11.7 Å². The van der Waals surface area contributed by atoms with Gasteiger partial charge in [0.05, 0.1) is 23.4 Å². The second-order valence-corrected chi connectivity index (χ2v) is 13.6. The highest BCUT2D eigenvalue weighted by Gasteiger charge is 2.38. The quantitative estimate of drug-likeness (QED) is 0.480. The van der Waals surface area contributed by atoms with Crippen LogP contribution in [0.15, 0.2) is 42.5 Å². The van der Waals surface area contributed by atoms with Crippen LogP contribution in [-0.4, -0.2) is 60.6 Å². The summed E-state index contributed by atoms with van der Waals surface area (Å²) in [5.41, 5.74) is -0.148. The number of hydrogen-bond donors (Lipinski definition) is 1. The van der Waals surface area contributed by atoms with Gasteiger partial charge in [-0.05, 0) is 86.4 Å². The van der Waals surface area contributed by atoms with Crippen molar-refractivity contribution in [2.75, 3.05) is 19.3 Å². The summed E-state index contributed by atoms with van der Waals surface area (Å²) in [6, 6.07) is 11.0. The van der Waals surface area contributed by atoms with Crippen LogP contribution in [0.2, 0.25) is 0 Å². The fourth-order valence-electron chi connectivity index (χ4n) is 5.55. The molecule has 0 aromatic heterocycles. The van der Waals surface area contributed by atoms with Crippen molar-refractivity contribution in [1.29, 1.82) is 0 Å². The minimum atomic E-state index is -3.07. The highest BCUT2D eigenvalue weighted by molar-refractivity contribution is 7.91. The van der Waals surface area contributed by atoms with Crippen LogP contribution in [0.1, 0.15) is 57.9 Å². The topological polar surface area (TPSA) is 93.1 Å². The van der Waals surface area contributed by atoms with Gasteiger partial charge in [0.15, 0.2) is 0 Å². The molecule has 4 rings (SSSR count). The van der Waals surface area contributed by atoms with Crippen molar-refractivity contribution in [2.24, 2.45) is 5.92 Å². The van der Waals surface area contributed by atoms with Crippen molar-refractivity contribution in [3.63, 3.8) is 0 Å². The SMILES string of the molecule is CC(C)CC1(O)CCN(C(=O)Cc2cc(Oc3ccc(F)cc3)cc(OC3CCC(S(C)(=O)=O)CC3)c2)C1. The third-order valence-corrected chi connectivity index (χ3v) is 9.03. The first-order valence-electron chi connectivity index (χ1n) is 13.3. The fraction of sp³-hybridized carbons (Fsp3) is 0.552. The van der Waals surface area contributed by atoms with Crippen molar-refractivity contribution in [3.05, 3.63) is 53.8 Å². The Kier molecular flexibility index (Phi) is 8.67. The monoisotopic (exact) mass is 547 g/mol. The van der Waals surface area contributed by atoms with E-state index in [1.807, 2.05) is 6.07 Å². The molecular formula is C29H38FNO6S. The number of carbonyl (C=O) groups excluding carboxylic acids is 1. The lowest BCUT2D eigenvalue weighted by atomic mass is 9.92. The van der Waals surface area contributed by atoms with E-state index in [0.29, 0.717) is 80.3 Å². The molecule has 2 fully saturated rings. The highest BCUT2D eigenvalue weighted by atomic mass is 32.2. The number of ether oxygens (including phenoxy) is 2. The second-order valence-electron chi connectivity index (χ2n) is 11.3. The molecule has 1 aliphatic carbocycles. The second kappa shape index (κ2) is 11.6. The molecule has 0 spiro atoms. The molecule has 1 amide bonds. The van der Waals surface area contributed by atoms with Crippen molar-refractivity contribution >= 4 is 15.7 Å². The van der Waals surface area contributed by atoms with Gasteiger partial charge in [0, 0.05) is 25.4 Å². The zero-order chi connectivity index (χ0) is 27.5.